The Kier molecular flexibility index (Phi) is 5.28. The van der Waals surface area contributed by atoms with Crippen molar-refractivity contribution >= 4 is 17.6 Å². The number of phenolic OH excluding ortho intramolecular Hbond substituents is 1. The number of carbonyl (C=O) groups is 2. The van der Waals surface area contributed by atoms with Crippen LogP contribution in [0.2, 0.25) is 0 Å². The predicted octanol–water partition coefficient (Wildman–Crippen LogP) is 2.30. The van der Waals surface area contributed by atoms with Crippen LogP contribution in [0.1, 0.15) is 5.56 Å². The number of aromatic nitrogens is 2. The van der Waals surface area contributed by atoms with Crippen LogP contribution in [0, 0.1) is 0 Å². The number of para-hydroxylation sites is 1. The Morgan fingerprint density at radius 2 is 1.81 bits per heavy atom. The molecule has 3 aromatic rings. The molecule has 0 spiro atoms. The van der Waals surface area contributed by atoms with E-state index in [9.17, 15) is 14.7 Å². The van der Waals surface area contributed by atoms with Crippen molar-refractivity contribution in [2.45, 2.75) is 6.42 Å². The summed E-state index contributed by atoms with van der Waals surface area (Å²) < 4.78 is 6.65. The number of hydrogen-bond donors (Lipinski definition) is 2. The van der Waals surface area contributed by atoms with E-state index in [0.29, 0.717) is 11.3 Å². The van der Waals surface area contributed by atoms with Gasteiger partial charge < -0.3 is 15.2 Å². The van der Waals surface area contributed by atoms with Crippen LogP contribution in [0.3, 0.4) is 0 Å². The van der Waals surface area contributed by atoms with E-state index in [1.807, 2.05) is 30.3 Å². The van der Waals surface area contributed by atoms with E-state index in [0.717, 1.165) is 5.69 Å². The van der Waals surface area contributed by atoms with E-state index < -0.39 is 11.9 Å². The molecule has 0 bridgehead atoms. The topological polar surface area (TPSA) is 93.5 Å². The van der Waals surface area contributed by atoms with Crippen LogP contribution in [-0.4, -0.2) is 33.4 Å². The Bertz CT molecular complexity index is 889. The first kappa shape index (κ1) is 17.2. The molecule has 132 valence electrons. The van der Waals surface area contributed by atoms with Crippen molar-refractivity contribution in [1.82, 2.24) is 9.78 Å². The van der Waals surface area contributed by atoms with Gasteiger partial charge in [-0.05, 0) is 36.4 Å². The zero-order chi connectivity index (χ0) is 18.4. The molecule has 0 aliphatic carbocycles. The van der Waals surface area contributed by atoms with Crippen LogP contribution in [0.15, 0.2) is 67.0 Å². The molecule has 7 heteroatoms. The molecule has 0 radical (unpaired) electrons. The van der Waals surface area contributed by atoms with Gasteiger partial charge in [-0.2, -0.15) is 5.10 Å². The van der Waals surface area contributed by atoms with Crippen LogP contribution in [0.5, 0.6) is 5.75 Å². The Hall–Kier alpha value is -3.61. The summed E-state index contributed by atoms with van der Waals surface area (Å²) in [6.07, 6.45) is 3.36. The number of hydrogen-bond acceptors (Lipinski definition) is 5. The second-order valence-corrected chi connectivity index (χ2v) is 5.56. The Labute approximate surface area is 149 Å². The molecule has 0 aliphatic heterocycles. The van der Waals surface area contributed by atoms with Crippen molar-refractivity contribution in [3.05, 3.63) is 72.6 Å². The highest BCUT2D eigenvalue weighted by Crippen LogP contribution is 2.13. The Morgan fingerprint density at radius 1 is 1.08 bits per heavy atom. The summed E-state index contributed by atoms with van der Waals surface area (Å²) in [5.74, 6) is -0.868. The van der Waals surface area contributed by atoms with E-state index in [-0.39, 0.29) is 18.8 Å². The van der Waals surface area contributed by atoms with Crippen molar-refractivity contribution in [3.8, 4) is 11.4 Å². The highest BCUT2D eigenvalue weighted by Gasteiger charge is 2.11. The number of anilines is 1. The summed E-state index contributed by atoms with van der Waals surface area (Å²) in [4.78, 5) is 23.7. The number of nitrogens with zero attached hydrogens (tertiary/aromatic N) is 2. The summed E-state index contributed by atoms with van der Waals surface area (Å²) in [5.41, 5.74) is 2.09. The van der Waals surface area contributed by atoms with Crippen molar-refractivity contribution < 1.29 is 19.4 Å². The largest absolute Gasteiger partial charge is 0.508 e. The van der Waals surface area contributed by atoms with Gasteiger partial charge in [0, 0.05) is 17.4 Å². The number of nitrogens with one attached hydrogen (secondary N) is 1. The maximum absolute atomic E-state index is 11.9. The third-order valence-corrected chi connectivity index (χ3v) is 3.52. The molecular formula is C19H17N3O4. The van der Waals surface area contributed by atoms with E-state index in [1.165, 1.54) is 12.1 Å². The third kappa shape index (κ3) is 4.70. The SMILES string of the molecule is O=C(COC(=O)Cc1cnn(-c2ccccc2)c1)Nc1ccc(O)cc1. The molecule has 0 atom stereocenters. The Morgan fingerprint density at radius 3 is 2.54 bits per heavy atom. The molecule has 1 heterocycles. The number of benzene rings is 2. The van der Waals surface area contributed by atoms with Crippen molar-refractivity contribution in [2.75, 3.05) is 11.9 Å². The second-order valence-electron chi connectivity index (χ2n) is 5.56. The molecule has 2 N–H and O–H groups in total. The van der Waals surface area contributed by atoms with Crippen molar-refractivity contribution in [2.24, 2.45) is 0 Å². The second kappa shape index (κ2) is 7.98. The average Bonchev–Trinajstić information content (AvgIpc) is 3.11. The fourth-order valence-corrected chi connectivity index (χ4v) is 2.28. The number of carbonyl (C=O) groups excluding carboxylic acids is 2. The van der Waals surface area contributed by atoms with Gasteiger partial charge >= 0.3 is 5.97 Å². The fourth-order valence-electron chi connectivity index (χ4n) is 2.28. The molecule has 26 heavy (non-hydrogen) atoms. The normalized spacial score (nSPS) is 10.3. The predicted molar refractivity (Wildman–Crippen MR) is 95.0 cm³/mol. The lowest BCUT2D eigenvalue weighted by Crippen LogP contribution is -2.21. The molecular weight excluding hydrogens is 334 g/mol. The minimum Gasteiger partial charge on any atom is -0.508 e. The number of amides is 1. The molecule has 3 rings (SSSR count). The summed E-state index contributed by atoms with van der Waals surface area (Å²) in [6, 6.07) is 15.5. The first-order chi connectivity index (χ1) is 12.6. The lowest BCUT2D eigenvalue weighted by Gasteiger charge is -2.06. The van der Waals surface area contributed by atoms with Gasteiger partial charge in [0.05, 0.1) is 18.3 Å². The summed E-state index contributed by atoms with van der Waals surface area (Å²) in [5, 5.41) is 16.0. The van der Waals surface area contributed by atoms with E-state index in [4.69, 9.17) is 4.74 Å². The molecule has 2 aromatic carbocycles. The van der Waals surface area contributed by atoms with Crippen LogP contribution in [0.25, 0.3) is 5.69 Å². The molecule has 0 unspecified atom stereocenters. The third-order valence-electron chi connectivity index (χ3n) is 3.52. The summed E-state index contributed by atoms with van der Waals surface area (Å²) in [6.45, 7) is -0.382. The maximum atomic E-state index is 11.9. The maximum Gasteiger partial charge on any atom is 0.310 e. The zero-order valence-electron chi connectivity index (χ0n) is 13.8. The molecule has 0 fully saturated rings. The lowest BCUT2D eigenvalue weighted by molar-refractivity contribution is -0.146. The van der Waals surface area contributed by atoms with Gasteiger partial charge in [0.2, 0.25) is 0 Å². The first-order valence-corrected chi connectivity index (χ1v) is 7.93. The molecule has 0 saturated carbocycles. The van der Waals surface area contributed by atoms with E-state index >= 15 is 0 Å². The van der Waals surface area contributed by atoms with Gasteiger partial charge in [-0.25, -0.2) is 4.68 Å². The molecule has 0 saturated heterocycles. The zero-order valence-corrected chi connectivity index (χ0v) is 13.8. The van der Waals surface area contributed by atoms with Gasteiger partial charge in [0.1, 0.15) is 5.75 Å². The minimum absolute atomic E-state index is 0.0271. The van der Waals surface area contributed by atoms with Gasteiger partial charge in [-0.15, -0.1) is 0 Å². The first-order valence-electron chi connectivity index (χ1n) is 7.93. The highest BCUT2D eigenvalue weighted by molar-refractivity contribution is 5.92. The highest BCUT2D eigenvalue weighted by atomic mass is 16.5. The molecule has 1 amide bonds. The van der Waals surface area contributed by atoms with Gasteiger partial charge in [0.25, 0.3) is 5.91 Å². The van der Waals surface area contributed by atoms with E-state index in [1.54, 1.807) is 29.2 Å². The molecule has 0 aliphatic rings. The van der Waals surface area contributed by atoms with Gasteiger partial charge in [-0.3, -0.25) is 9.59 Å². The number of rotatable bonds is 6. The van der Waals surface area contributed by atoms with Crippen LogP contribution >= 0.6 is 0 Å². The van der Waals surface area contributed by atoms with Crippen LogP contribution in [-0.2, 0) is 20.7 Å². The number of phenols is 1. The average molecular weight is 351 g/mol. The van der Waals surface area contributed by atoms with Gasteiger partial charge in [-0.1, -0.05) is 18.2 Å². The monoisotopic (exact) mass is 351 g/mol. The number of aromatic hydroxyl groups is 1. The van der Waals surface area contributed by atoms with Crippen molar-refractivity contribution in [1.29, 1.82) is 0 Å². The summed E-state index contributed by atoms with van der Waals surface area (Å²) in [7, 11) is 0. The quantitative estimate of drug-likeness (QED) is 0.525. The number of esters is 1. The smallest absolute Gasteiger partial charge is 0.310 e. The lowest BCUT2D eigenvalue weighted by atomic mass is 10.2. The minimum atomic E-state index is -0.515. The van der Waals surface area contributed by atoms with Crippen LogP contribution in [0.4, 0.5) is 5.69 Å². The fraction of sp³-hybridized carbons (Fsp3) is 0.105. The van der Waals surface area contributed by atoms with Crippen molar-refractivity contribution in [3.63, 3.8) is 0 Å². The standard InChI is InChI=1S/C19H17N3O4/c23-17-8-6-15(7-9-17)21-18(24)13-26-19(25)10-14-11-20-22(12-14)16-4-2-1-3-5-16/h1-9,11-12,23H,10,13H2,(H,21,24). The van der Waals surface area contributed by atoms with Gasteiger partial charge in [0.15, 0.2) is 6.61 Å². The Balaban J connectivity index is 1.47. The number of ether oxygens (including phenoxy) is 1. The van der Waals surface area contributed by atoms with E-state index in [2.05, 4.69) is 10.4 Å². The summed E-state index contributed by atoms with van der Waals surface area (Å²) >= 11 is 0. The molecule has 1 aromatic heterocycles. The molecule has 7 nitrogen and oxygen atoms in total. The van der Waals surface area contributed by atoms with Crippen LogP contribution < -0.4 is 5.32 Å².